The predicted molar refractivity (Wildman–Crippen MR) is 115 cm³/mol. The van der Waals surface area contributed by atoms with Crippen LogP contribution in [0.15, 0.2) is 24.4 Å². The predicted octanol–water partition coefficient (Wildman–Crippen LogP) is 2.22. The summed E-state index contributed by atoms with van der Waals surface area (Å²) in [6.45, 7) is 5.08. The number of nitrogens with one attached hydrogen (secondary N) is 2. The second-order valence-electron chi connectivity index (χ2n) is 7.89. The summed E-state index contributed by atoms with van der Waals surface area (Å²) in [5.74, 6) is -2.62. The number of rotatable bonds is 8. The minimum Gasteiger partial charge on any atom is -0.375 e. The Balaban J connectivity index is 1.73. The number of likely N-dealkylation sites (tertiary alicyclic amines) is 1. The Labute approximate surface area is 184 Å². The number of carbonyl (C=O) groups excluding carboxylic acids is 2. The molecule has 1 aliphatic rings. The Kier molecular flexibility index (Phi) is 7.55. The first-order chi connectivity index (χ1) is 14.7. The fraction of sp³-hybridized carbons (Fsp3) is 0.476. The highest BCUT2D eigenvalue weighted by Gasteiger charge is 2.34. The highest BCUT2D eigenvalue weighted by Crippen LogP contribution is 2.21. The second-order valence-corrected chi connectivity index (χ2v) is 9.03. The van der Waals surface area contributed by atoms with Crippen LogP contribution in [0.25, 0.3) is 0 Å². The van der Waals surface area contributed by atoms with Crippen molar-refractivity contribution in [2.24, 2.45) is 0 Å². The number of anilines is 1. The first-order valence-corrected chi connectivity index (χ1v) is 11.0. The van der Waals surface area contributed by atoms with Crippen LogP contribution in [0.5, 0.6) is 0 Å². The van der Waals surface area contributed by atoms with E-state index in [1.807, 2.05) is 13.8 Å². The van der Waals surface area contributed by atoms with Gasteiger partial charge in [-0.25, -0.2) is 13.8 Å². The number of halogens is 2. The summed E-state index contributed by atoms with van der Waals surface area (Å²) >= 11 is 1.25. The van der Waals surface area contributed by atoms with Gasteiger partial charge in [0.05, 0.1) is 12.6 Å². The number of amides is 2. The largest absolute Gasteiger partial charge is 0.375 e. The lowest BCUT2D eigenvalue weighted by Crippen LogP contribution is -2.53. The smallest absolute Gasteiger partial charge is 0.243 e. The third kappa shape index (κ3) is 5.98. The lowest BCUT2D eigenvalue weighted by Gasteiger charge is -2.29. The lowest BCUT2D eigenvalue weighted by atomic mass is 10.0. The van der Waals surface area contributed by atoms with E-state index in [9.17, 15) is 18.4 Å². The van der Waals surface area contributed by atoms with E-state index in [-0.39, 0.29) is 31.0 Å². The van der Waals surface area contributed by atoms with Crippen molar-refractivity contribution in [3.05, 3.63) is 46.5 Å². The van der Waals surface area contributed by atoms with E-state index in [0.717, 1.165) is 30.0 Å². The van der Waals surface area contributed by atoms with Crippen LogP contribution in [0.3, 0.4) is 0 Å². The molecule has 0 spiro atoms. The maximum absolute atomic E-state index is 13.7. The summed E-state index contributed by atoms with van der Waals surface area (Å²) in [6.07, 6.45) is 3.23. The van der Waals surface area contributed by atoms with Gasteiger partial charge in [-0.2, -0.15) is 0 Å². The number of benzene rings is 1. The van der Waals surface area contributed by atoms with E-state index in [4.69, 9.17) is 5.73 Å². The van der Waals surface area contributed by atoms with Gasteiger partial charge in [-0.05, 0) is 50.9 Å². The molecule has 1 aliphatic heterocycles. The Morgan fingerprint density at radius 2 is 2.10 bits per heavy atom. The van der Waals surface area contributed by atoms with Crippen molar-refractivity contribution in [1.29, 1.82) is 0 Å². The van der Waals surface area contributed by atoms with Crippen LogP contribution in [-0.2, 0) is 22.6 Å². The van der Waals surface area contributed by atoms with Crippen LogP contribution in [0.2, 0.25) is 0 Å². The van der Waals surface area contributed by atoms with Crippen molar-refractivity contribution < 1.29 is 18.4 Å². The fourth-order valence-electron chi connectivity index (χ4n) is 3.77. The van der Waals surface area contributed by atoms with Gasteiger partial charge in [0.15, 0.2) is 16.8 Å². The van der Waals surface area contributed by atoms with Gasteiger partial charge in [0.1, 0.15) is 6.04 Å². The third-order valence-electron chi connectivity index (χ3n) is 5.33. The molecule has 0 bridgehead atoms. The monoisotopic (exact) mass is 451 g/mol. The van der Waals surface area contributed by atoms with E-state index in [0.29, 0.717) is 17.1 Å². The molecule has 7 nitrogen and oxygen atoms in total. The highest BCUT2D eigenvalue weighted by atomic mass is 32.1. The van der Waals surface area contributed by atoms with Gasteiger partial charge < -0.3 is 16.4 Å². The van der Waals surface area contributed by atoms with Crippen LogP contribution < -0.4 is 16.4 Å². The topological polar surface area (TPSA) is 100 Å². The van der Waals surface area contributed by atoms with Crippen molar-refractivity contribution in [1.82, 2.24) is 20.5 Å². The van der Waals surface area contributed by atoms with Crippen molar-refractivity contribution in [3.63, 3.8) is 0 Å². The first kappa shape index (κ1) is 23.1. The number of nitrogens with two attached hydrogens (primary N) is 1. The zero-order chi connectivity index (χ0) is 22.5. The van der Waals surface area contributed by atoms with Gasteiger partial charge >= 0.3 is 0 Å². The number of hydrogen-bond donors (Lipinski definition) is 3. The van der Waals surface area contributed by atoms with Gasteiger partial charge in [-0.3, -0.25) is 14.5 Å². The van der Waals surface area contributed by atoms with E-state index in [2.05, 4.69) is 20.5 Å². The molecular formula is C21H27F2N5O2S. The number of hydrogen-bond acceptors (Lipinski definition) is 6. The summed E-state index contributed by atoms with van der Waals surface area (Å²) in [5, 5.41) is 5.98. The molecule has 2 heterocycles. The molecule has 0 radical (unpaired) electrons. The van der Waals surface area contributed by atoms with Crippen LogP contribution in [0.4, 0.5) is 13.9 Å². The number of aromatic nitrogens is 1. The molecule has 1 aromatic carbocycles. The quantitative estimate of drug-likeness (QED) is 0.572. The normalized spacial score (nSPS) is 17.6. The van der Waals surface area contributed by atoms with E-state index < -0.39 is 23.6 Å². The molecule has 0 aliphatic carbocycles. The summed E-state index contributed by atoms with van der Waals surface area (Å²) < 4.78 is 27.0. The molecule has 1 unspecified atom stereocenters. The maximum Gasteiger partial charge on any atom is 0.243 e. The SMILES string of the molecule is CC(C)N1CCCC1C(=O)N[C@@H](Cc1ccc(F)c(F)c1)C(=O)NCc1cnc(N)s1. The molecule has 31 heavy (non-hydrogen) atoms. The zero-order valence-corrected chi connectivity index (χ0v) is 18.3. The molecule has 10 heteroatoms. The van der Waals surface area contributed by atoms with Gasteiger partial charge in [0, 0.05) is 23.5 Å². The lowest BCUT2D eigenvalue weighted by molar-refractivity contribution is -0.131. The third-order valence-corrected chi connectivity index (χ3v) is 6.15. The summed E-state index contributed by atoms with van der Waals surface area (Å²) in [7, 11) is 0. The summed E-state index contributed by atoms with van der Waals surface area (Å²) in [5.41, 5.74) is 6.02. The van der Waals surface area contributed by atoms with Crippen LogP contribution >= 0.6 is 11.3 Å². The van der Waals surface area contributed by atoms with Crippen LogP contribution in [0.1, 0.15) is 37.1 Å². The van der Waals surface area contributed by atoms with E-state index in [1.54, 1.807) is 6.20 Å². The molecule has 2 atom stereocenters. The Bertz CT molecular complexity index is 936. The average Bonchev–Trinajstić information content (AvgIpc) is 3.37. The highest BCUT2D eigenvalue weighted by molar-refractivity contribution is 7.15. The molecule has 3 rings (SSSR count). The molecule has 2 amide bonds. The van der Waals surface area contributed by atoms with Gasteiger partial charge in [0.25, 0.3) is 0 Å². The van der Waals surface area contributed by atoms with Crippen molar-refractivity contribution >= 4 is 28.3 Å². The minimum absolute atomic E-state index is 0.0357. The minimum atomic E-state index is -0.995. The van der Waals surface area contributed by atoms with Crippen molar-refractivity contribution in [3.8, 4) is 0 Å². The molecule has 2 aromatic rings. The summed E-state index contributed by atoms with van der Waals surface area (Å²) in [4.78, 5) is 32.7. The second kappa shape index (κ2) is 10.1. The molecule has 1 aromatic heterocycles. The van der Waals surface area contributed by atoms with Crippen LogP contribution in [0, 0.1) is 11.6 Å². The molecule has 0 saturated carbocycles. The molecule has 1 fully saturated rings. The van der Waals surface area contributed by atoms with E-state index in [1.165, 1.54) is 17.4 Å². The number of thiazole rings is 1. The molecule has 168 valence electrons. The average molecular weight is 452 g/mol. The van der Waals surface area contributed by atoms with Crippen molar-refractivity contribution in [2.75, 3.05) is 12.3 Å². The van der Waals surface area contributed by atoms with Gasteiger partial charge in [-0.15, -0.1) is 11.3 Å². The molecule has 1 saturated heterocycles. The van der Waals surface area contributed by atoms with E-state index >= 15 is 0 Å². The van der Waals surface area contributed by atoms with Crippen LogP contribution in [-0.4, -0.2) is 46.4 Å². The maximum atomic E-state index is 13.7. The summed E-state index contributed by atoms with van der Waals surface area (Å²) in [6, 6.07) is 2.41. The molecular weight excluding hydrogens is 424 g/mol. The standard InChI is InChI=1S/C21H27F2N5O2S/c1-12(2)28-7-3-4-18(28)20(30)27-17(9-13-5-6-15(22)16(23)8-13)19(29)25-10-14-11-26-21(24)31-14/h5-6,8,11-12,17-18H,3-4,7,9-10H2,1-2H3,(H2,24,26)(H,25,29)(H,27,30)/t17-,18?/m0/s1. The van der Waals surface area contributed by atoms with Gasteiger partial charge in [-0.1, -0.05) is 6.07 Å². The fourth-order valence-corrected chi connectivity index (χ4v) is 4.39. The number of nitrogens with zero attached hydrogens (tertiary/aromatic N) is 2. The van der Waals surface area contributed by atoms with Crippen molar-refractivity contribution in [2.45, 2.75) is 57.8 Å². The Morgan fingerprint density at radius 1 is 1.32 bits per heavy atom. The molecule has 4 N–H and O–H groups in total. The van der Waals surface area contributed by atoms with Gasteiger partial charge in [0.2, 0.25) is 11.8 Å². The first-order valence-electron chi connectivity index (χ1n) is 10.2. The Hall–Kier alpha value is -2.59. The number of carbonyl (C=O) groups is 2. The zero-order valence-electron chi connectivity index (χ0n) is 17.5. The Morgan fingerprint density at radius 3 is 2.74 bits per heavy atom. The number of nitrogen functional groups attached to an aromatic ring is 1.